The van der Waals surface area contributed by atoms with Crippen LogP contribution in [0.3, 0.4) is 0 Å². The topological polar surface area (TPSA) is 34.1 Å². The third kappa shape index (κ3) is 2.54. The maximum atomic E-state index is 12.9. The van der Waals surface area contributed by atoms with Gasteiger partial charge < -0.3 is 0 Å². The fourth-order valence-corrected chi connectivity index (χ4v) is 2.71. The summed E-state index contributed by atoms with van der Waals surface area (Å²) in [4.78, 5) is -0.0744. The summed E-state index contributed by atoms with van der Waals surface area (Å²) >= 11 is 3.26. The highest BCUT2D eigenvalue weighted by Gasteiger charge is 2.16. The summed E-state index contributed by atoms with van der Waals surface area (Å²) in [7, 11) is -3.37. The van der Waals surface area contributed by atoms with E-state index in [0.29, 0.717) is 5.56 Å². The van der Waals surface area contributed by atoms with Gasteiger partial charge in [-0.3, -0.25) is 0 Å². The molecule has 1 rings (SSSR count). The summed E-state index contributed by atoms with van der Waals surface area (Å²) in [5, 5.41) is 0. The van der Waals surface area contributed by atoms with Crippen molar-refractivity contribution in [1.29, 1.82) is 0 Å². The Labute approximate surface area is 91.2 Å². The predicted molar refractivity (Wildman–Crippen MR) is 56.9 cm³/mol. The minimum Gasteiger partial charge on any atom is -0.224 e. The van der Waals surface area contributed by atoms with Crippen LogP contribution in [0.4, 0.5) is 4.39 Å². The molecule has 0 radical (unpaired) electrons. The fraction of sp³-hybridized carbons (Fsp3) is 0.333. The summed E-state index contributed by atoms with van der Waals surface area (Å²) in [5.41, 5.74) is 0.578. The van der Waals surface area contributed by atoms with Crippen molar-refractivity contribution < 1.29 is 12.8 Å². The van der Waals surface area contributed by atoms with Crippen LogP contribution in [-0.4, -0.2) is 14.7 Å². The molecule has 0 aliphatic carbocycles. The first-order valence-corrected chi connectivity index (χ1v) is 6.76. The maximum Gasteiger partial charge on any atom is 0.175 e. The van der Waals surface area contributed by atoms with Crippen molar-refractivity contribution in [2.24, 2.45) is 0 Å². The SMILES string of the molecule is CC(Br)c1ccc(F)cc1S(C)(=O)=O. The molecule has 0 aromatic heterocycles. The number of hydrogen-bond acceptors (Lipinski definition) is 2. The van der Waals surface area contributed by atoms with Gasteiger partial charge in [0.1, 0.15) is 5.82 Å². The molecule has 78 valence electrons. The molecule has 0 saturated carbocycles. The molecule has 0 N–H and O–H groups in total. The molecule has 0 bridgehead atoms. The molecule has 5 heteroatoms. The zero-order valence-corrected chi connectivity index (χ0v) is 10.2. The van der Waals surface area contributed by atoms with Crippen LogP contribution in [-0.2, 0) is 9.84 Å². The van der Waals surface area contributed by atoms with E-state index in [-0.39, 0.29) is 9.72 Å². The third-order valence-corrected chi connectivity index (χ3v) is 3.45. The second kappa shape index (κ2) is 3.98. The zero-order chi connectivity index (χ0) is 10.9. The van der Waals surface area contributed by atoms with Crippen LogP contribution in [0.15, 0.2) is 23.1 Å². The molecular weight excluding hydrogens is 271 g/mol. The monoisotopic (exact) mass is 280 g/mol. The predicted octanol–water partition coefficient (Wildman–Crippen LogP) is 2.69. The van der Waals surface area contributed by atoms with Crippen LogP contribution < -0.4 is 0 Å². The molecule has 2 nitrogen and oxygen atoms in total. The summed E-state index contributed by atoms with van der Waals surface area (Å²) in [6.07, 6.45) is 1.07. The number of halogens is 2. The Hall–Kier alpha value is -0.420. The van der Waals surface area contributed by atoms with E-state index in [1.54, 1.807) is 6.92 Å². The lowest BCUT2D eigenvalue weighted by molar-refractivity contribution is 0.594. The van der Waals surface area contributed by atoms with Crippen LogP contribution in [0.5, 0.6) is 0 Å². The van der Waals surface area contributed by atoms with Crippen molar-refractivity contribution in [3.63, 3.8) is 0 Å². The Balaban J connectivity index is 3.46. The maximum absolute atomic E-state index is 12.9. The highest BCUT2D eigenvalue weighted by Crippen LogP contribution is 2.28. The number of alkyl halides is 1. The molecule has 0 saturated heterocycles. The smallest absolute Gasteiger partial charge is 0.175 e. The average Bonchev–Trinajstić information content (AvgIpc) is 2.01. The molecule has 0 aliphatic rings. The Morgan fingerprint density at radius 1 is 1.43 bits per heavy atom. The molecule has 0 heterocycles. The molecule has 1 aromatic rings. The van der Waals surface area contributed by atoms with Gasteiger partial charge in [0.15, 0.2) is 9.84 Å². The fourth-order valence-electron chi connectivity index (χ4n) is 1.16. The summed E-state index contributed by atoms with van der Waals surface area (Å²) in [6.45, 7) is 1.79. The van der Waals surface area contributed by atoms with Crippen molar-refractivity contribution in [2.45, 2.75) is 16.6 Å². The van der Waals surface area contributed by atoms with E-state index in [1.165, 1.54) is 12.1 Å². The van der Waals surface area contributed by atoms with Crippen molar-refractivity contribution in [3.8, 4) is 0 Å². The lowest BCUT2D eigenvalue weighted by Gasteiger charge is -2.09. The first-order valence-electron chi connectivity index (χ1n) is 3.96. The number of rotatable bonds is 2. The van der Waals surface area contributed by atoms with E-state index in [0.717, 1.165) is 12.3 Å². The number of hydrogen-bond donors (Lipinski definition) is 0. The van der Waals surface area contributed by atoms with Crippen molar-refractivity contribution in [3.05, 3.63) is 29.6 Å². The Bertz CT molecular complexity index is 440. The number of sulfone groups is 1. The molecule has 0 spiro atoms. The highest BCUT2D eigenvalue weighted by atomic mass is 79.9. The van der Waals surface area contributed by atoms with Gasteiger partial charge in [-0.15, -0.1) is 0 Å². The molecule has 1 aromatic carbocycles. The Morgan fingerprint density at radius 3 is 2.43 bits per heavy atom. The lowest BCUT2D eigenvalue weighted by atomic mass is 10.2. The normalized spacial score (nSPS) is 14.0. The second-order valence-electron chi connectivity index (χ2n) is 3.07. The molecule has 14 heavy (non-hydrogen) atoms. The molecular formula is C9H10BrFO2S. The number of benzene rings is 1. The van der Waals surface area contributed by atoms with E-state index in [2.05, 4.69) is 15.9 Å². The van der Waals surface area contributed by atoms with E-state index < -0.39 is 15.7 Å². The molecule has 0 amide bonds. The van der Waals surface area contributed by atoms with Crippen LogP contribution in [0.1, 0.15) is 17.3 Å². The van der Waals surface area contributed by atoms with Gasteiger partial charge in [-0.25, -0.2) is 12.8 Å². The summed E-state index contributed by atoms with van der Waals surface area (Å²) in [6, 6.07) is 3.77. The minimum absolute atomic E-state index is 0.0434. The summed E-state index contributed by atoms with van der Waals surface area (Å²) < 4.78 is 35.5. The lowest BCUT2D eigenvalue weighted by Crippen LogP contribution is -2.03. The van der Waals surface area contributed by atoms with Gasteiger partial charge in [0.05, 0.1) is 4.90 Å². The first kappa shape index (κ1) is 11.7. The van der Waals surface area contributed by atoms with Gasteiger partial charge in [0.2, 0.25) is 0 Å². The zero-order valence-electron chi connectivity index (χ0n) is 7.79. The van der Waals surface area contributed by atoms with E-state index in [1.807, 2.05) is 0 Å². The van der Waals surface area contributed by atoms with Gasteiger partial charge in [-0.05, 0) is 24.6 Å². The van der Waals surface area contributed by atoms with Gasteiger partial charge in [-0.1, -0.05) is 22.0 Å². The van der Waals surface area contributed by atoms with Crippen LogP contribution in [0.2, 0.25) is 0 Å². The second-order valence-corrected chi connectivity index (χ2v) is 6.43. The van der Waals surface area contributed by atoms with Gasteiger partial charge in [-0.2, -0.15) is 0 Å². The van der Waals surface area contributed by atoms with E-state index in [4.69, 9.17) is 0 Å². The van der Waals surface area contributed by atoms with E-state index >= 15 is 0 Å². The Kier molecular flexibility index (Phi) is 3.32. The van der Waals surface area contributed by atoms with Crippen LogP contribution >= 0.6 is 15.9 Å². The van der Waals surface area contributed by atoms with Crippen LogP contribution in [0, 0.1) is 5.82 Å². The summed E-state index contributed by atoms with van der Waals surface area (Å²) in [5.74, 6) is -0.540. The van der Waals surface area contributed by atoms with E-state index in [9.17, 15) is 12.8 Å². The minimum atomic E-state index is -3.37. The molecule has 0 fully saturated rings. The Morgan fingerprint density at radius 2 is 2.00 bits per heavy atom. The molecule has 0 aliphatic heterocycles. The largest absolute Gasteiger partial charge is 0.224 e. The third-order valence-electron chi connectivity index (χ3n) is 1.80. The molecule has 1 unspecified atom stereocenters. The van der Waals surface area contributed by atoms with Crippen molar-refractivity contribution in [1.82, 2.24) is 0 Å². The van der Waals surface area contributed by atoms with Gasteiger partial charge in [0.25, 0.3) is 0 Å². The van der Waals surface area contributed by atoms with Crippen LogP contribution in [0.25, 0.3) is 0 Å². The molecule has 1 atom stereocenters. The van der Waals surface area contributed by atoms with Gasteiger partial charge in [0, 0.05) is 11.1 Å². The van der Waals surface area contributed by atoms with Crippen molar-refractivity contribution >= 4 is 25.8 Å². The van der Waals surface area contributed by atoms with Crippen molar-refractivity contribution in [2.75, 3.05) is 6.26 Å². The van der Waals surface area contributed by atoms with Gasteiger partial charge >= 0.3 is 0 Å². The quantitative estimate of drug-likeness (QED) is 0.781. The average molecular weight is 281 g/mol. The first-order chi connectivity index (χ1) is 6.32. The highest BCUT2D eigenvalue weighted by molar-refractivity contribution is 9.09. The standard InChI is InChI=1S/C9H10BrFO2S/c1-6(10)8-4-3-7(11)5-9(8)14(2,12)13/h3-6H,1-2H3.